The summed E-state index contributed by atoms with van der Waals surface area (Å²) in [5, 5.41) is 1.47. The maximum Gasteiger partial charge on any atom is 0.230 e. The van der Waals surface area contributed by atoms with Gasteiger partial charge in [-0.1, -0.05) is 27.5 Å². The highest BCUT2D eigenvalue weighted by molar-refractivity contribution is 9.10. The molecule has 3 aromatic rings. The van der Waals surface area contributed by atoms with E-state index in [2.05, 4.69) is 25.9 Å². The van der Waals surface area contributed by atoms with Crippen LogP contribution in [-0.4, -0.2) is 9.97 Å². The van der Waals surface area contributed by atoms with E-state index >= 15 is 0 Å². The maximum atomic E-state index is 5.94. The number of halogens is 2. The number of fused-ring (bicyclic) bond motifs is 1. The molecule has 0 radical (unpaired) electrons. The summed E-state index contributed by atoms with van der Waals surface area (Å²) in [4.78, 5) is 8.34. The number of hydrogen-bond acceptors (Lipinski definition) is 3. The summed E-state index contributed by atoms with van der Waals surface area (Å²) in [6.45, 7) is 0. The third-order valence-corrected chi connectivity index (χ3v) is 3.35. The normalized spacial score (nSPS) is 10.6. The van der Waals surface area contributed by atoms with Crippen LogP contribution in [-0.2, 0) is 0 Å². The van der Waals surface area contributed by atoms with Gasteiger partial charge in [-0.15, -0.1) is 0 Å². The molecule has 0 spiro atoms. The quantitative estimate of drug-likeness (QED) is 0.672. The molecule has 5 heteroatoms. The first-order valence-electron chi connectivity index (χ1n) is 5.56. The molecular formula is C14H8BrClN2O. The molecule has 0 fully saturated rings. The number of benzene rings is 2. The third-order valence-electron chi connectivity index (χ3n) is 2.59. The summed E-state index contributed by atoms with van der Waals surface area (Å²) < 4.78 is 6.77. The van der Waals surface area contributed by atoms with Crippen molar-refractivity contribution in [3.63, 3.8) is 0 Å². The summed E-state index contributed by atoms with van der Waals surface area (Å²) in [6, 6.07) is 13.0. The van der Waals surface area contributed by atoms with Gasteiger partial charge in [0.05, 0.1) is 10.9 Å². The molecule has 0 aliphatic carbocycles. The second-order valence-electron chi connectivity index (χ2n) is 3.90. The van der Waals surface area contributed by atoms with E-state index in [-0.39, 0.29) is 0 Å². The Balaban J connectivity index is 2.03. The minimum absolute atomic E-state index is 0.518. The van der Waals surface area contributed by atoms with Crippen LogP contribution < -0.4 is 4.74 Å². The van der Waals surface area contributed by atoms with E-state index < -0.39 is 0 Å². The molecule has 0 aliphatic heterocycles. The second kappa shape index (κ2) is 5.15. The molecule has 0 bridgehead atoms. The van der Waals surface area contributed by atoms with Gasteiger partial charge in [0.15, 0.2) is 0 Å². The van der Waals surface area contributed by atoms with Gasteiger partial charge in [-0.3, -0.25) is 0 Å². The Bertz CT molecular complexity index is 731. The smallest absolute Gasteiger partial charge is 0.230 e. The number of nitrogens with zero attached hydrogens (tertiary/aromatic N) is 2. The lowest BCUT2D eigenvalue weighted by Gasteiger charge is -2.07. The Morgan fingerprint density at radius 2 is 1.79 bits per heavy atom. The van der Waals surface area contributed by atoms with Crippen LogP contribution in [0.3, 0.4) is 0 Å². The van der Waals surface area contributed by atoms with Gasteiger partial charge in [-0.2, -0.15) is 0 Å². The predicted octanol–water partition coefficient (Wildman–Crippen LogP) is 4.84. The summed E-state index contributed by atoms with van der Waals surface area (Å²) in [5.74, 6) is 1.24. The minimum atomic E-state index is 0.518. The second-order valence-corrected chi connectivity index (χ2v) is 5.25. The molecular weight excluding hydrogens is 328 g/mol. The Hall–Kier alpha value is -1.65. The molecule has 3 nitrogen and oxygen atoms in total. The summed E-state index contributed by atoms with van der Waals surface area (Å²) in [7, 11) is 0. The lowest BCUT2D eigenvalue weighted by molar-refractivity contribution is 0.468. The summed E-state index contributed by atoms with van der Waals surface area (Å²) >= 11 is 9.32. The van der Waals surface area contributed by atoms with Gasteiger partial charge in [0.1, 0.15) is 12.1 Å². The van der Waals surface area contributed by atoms with E-state index in [1.165, 1.54) is 6.33 Å². The molecule has 0 saturated carbocycles. The summed E-state index contributed by atoms with van der Waals surface area (Å²) in [5.41, 5.74) is 0.759. The van der Waals surface area contributed by atoms with Crippen LogP contribution in [0.2, 0.25) is 5.02 Å². The molecule has 0 amide bonds. The third kappa shape index (κ3) is 2.69. The lowest BCUT2D eigenvalue weighted by atomic mass is 10.2. The first kappa shape index (κ1) is 12.4. The zero-order chi connectivity index (χ0) is 13.2. The van der Waals surface area contributed by atoms with Crippen LogP contribution in [0.5, 0.6) is 11.6 Å². The first-order chi connectivity index (χ1) is 9.22. The Kier molecular flexibility index (Phi) is 3.36. The standard InChI is InChI=1S/C14H8BrClN2O/c15-9-1-4-11(5-2-9)19-14-12-6-3-10(16)7-13(12)17-8-18-14/h1-8H. The zero-order valence-corrected chi connectivity index (χ0v) is 12.0. The van der Waals surface area contributed by atoms with Crippen molar-refractivity contribution in [2.24, 2.45) is 0 Å². The van der Waals surface area contributed by atoms with Crippen LogP contribution in [0.15, 0.2) is 53.3 Å². The maximum absolute atomic E-state index is 5.94. The molecule has 1 heterocycles. The molecule has 94 valence electrons. The van der Waals surface area contributed by atoms with E-state index in [1.807, 2.05) is 30.3 Å². The monoisotopic (exact) mass is 334 g/mol. The van der Waals surface area contributed by atoms with Crippen molar-refractivity contribution in [3.8, 4) is 11.6 Å². The average molecular weight is 336 g/mol. The Labute approximate surface area is 123 Å². The van der Waals surface area contributed by atoms with E-state index in [0.717, 1.165) is 21.1 Å². The van der Waals surface area contributed by atoms with Crippen LogP contribution in [0, 0.1) is 0 Å². The van der Waals surface area contributed by atoms with Gasteiger partial charge in [0, 0.05) is 9.50 Å². The zero-order valence-electron chi connectivity index (χ0n) is 9.68. The number of aromatic nitrogens is 2. The highest BCUT2D eigenvalue weighted by Gasteiger charge is 2.06. The van der Waals surface area contributed by atoms with Gasteiger partial charge >= 0.3 is 0 Å². The van der Waals surface area contributed by atoms with Crippen LogP contribution in [0.1, 0.15) is 0 Å². The Morgan fingerprint density at radius 3 is 2.58 bits per heavy atom. The molecule has 3 rings (SSSR count). The molecule has 0 N–H and O–H groups in total. The fourth-order valence-corrected chi connectivity index (χ4v) is 2.13. The summed E-state index contributed by atoms with van der Waals surface area (Å²) in [6.07, 6.45) is 1.47. The fourth-order valence-electron chi connectivity index (χ4n) is 1.70. The lowest BCUT2D eigenvalue weighted by Crippen LogP contribution is -1.91. The van der Waals surface area contributed by atoms with Crippen LogP contribution in [0.25, 0.3) is 10.9 Å². The molecule has 1 aromatic heterocycles. The molecule has 0 saturated heterocycles. The van der Waals surface area contributed by atoms with E-state index in [9.17, 15) is 0 Å². The number of rotatable bonds is 2. The predicted molar refractivity (Wildman–Crippen MR) is 78.8 cm³/mol. The van der Waals surface area contributed by atoms with Crippen molar-refractivity contribution in [2.45, 2.75) is 0 Å². The molecule has 0 atom stereocenters. The van der Waals surface area contributed by atoms with Crippen molar-refractivity contribution >= 4 is 38.4 Å². The van der Waals surface area contributed by atoms with Gasteiger partial charge < -0.3 is 4.74 Å². The van der Waals surface area contributed by atoms with E-state index in [4.69, 9.17) is 16.3 Å². The van der Waals surface area contributed by atoms with Gasteiger partial charge in [-0.25, -0.2) is 9.97 Å². The number of hydrogen-bond donors (Lipinski definition) is 0. The van der Waals surface area contributed by atoms with Crippen molar-refractivity contribution in [3.05, 3.63) is 58.3 Å². The minimum Gasteiger partial charge on any atom is -0.438 e. The highest BCUT2D eigenvalue weighted by atomic mass is 79.9. The molecule has 0 unspecified atom stereocenters. The van der Waals surface area contributed by atoms with Crippen LogP contribution in [0.4, 0.5) is 0 Å². The van der Waals surface area contributed by atoms with Gasteiger partial charge in [-0.05, 0) is 42.5 Å². The van der Waals surface area contributed by atoms with Crippen molar-refractivity contribution in [1.82, 2.24) is 9.97 Å². The highest BCUT2D eigenvalue weighted by Crippen LogP contribution is 2.28. The largest absolute Gasteiger partial charge is 0.438 e. The molecule has 19 heavy (non-hydrogen) atoms. The Morgan fingerprint density at radius 1 is 1.00 bits per heavy atom. The molecule has 0 aliphatic rings. The van der Waals surface area contributed by atoms with Crippen LogP contribution >= 0.6 is 27.5 Å². The molecule has 2 aromatic carbocycles. The van der Waals surface area contributed by atoms with Crippen molar-refractivity contribution in [1.29, 1.82) is 0 Å². The first-order valence-corrected chi connectivity index (χ1v) is 6.73. The average Bonchev–Trinajstić information content (AvgIpc) is 2.41. The topological polar surface area (TPSA) is 35.0 Å². The fraction of sp³-hybridized carbons (Fsp3) is 0. The van der Waals surface area contributed by atoms with Crippen molar-refractivity contribution in [2.75, 3.05) is 0 Å². The van der Waals surface area contributed by atoms with E-state index in [0.29, 0.717) is 10.9 Å². The SMILES string of the molecule is Clc1ccc2c(Oc3ccc(Br)cc3)ncnc2c1. The van der Waals surface area contributed by atoms with Gasteiger partial charge in [0.25, 0.3) is 0 Å². The van der Waals surface area contributed by atoms with Gasteiger partial charge in [0.2, 0.25) is 5.88 Å². The number of ether oxygens (including phenoxy) is 1. The van der Waals surface area contributed by atoms with E-state index in [1.54, 1.807) is 12.1 Å². The van der Waals surface area contributed by atoms with Crippen molar-refractivity contribution < 1.29 is 4.74 Å².